The first-order valence-electron chi connectivity index (χ1n) is 8.92. The molecule has 0 bridgehead atoms. The Labute approximate surface area is 145 Å². The Morgan fingerprint density at radius 3 is 2.79 bits per heavy atom. The van der Waals surface area contributed by atoms with Crippen molar-refractivity contribution in [3.05, 3.63) is 34.9 Å². The van der Waals surface area contributed by atoms with Crippen molar-refractivity contribution in [2.45, 2.75) is 53.1 Å². The molecule has 1 unspecified atom stereocenters. The zero-order valence-corrected chi connectivity index (χ0v) is 15.4. The second kappa shape index (κ2) is 8.71. The molecule has 1 aliphatic heterocycles. The molecule has 2 rings (SSSR count). The van der Waals surface area contributed by atoms with E-state index in [-0.39, 0.29) is 11.9 Å². The molecule has 24 heavy (non-hydrogen) atoms. The van der Waals surface area contributed by atoms with Crippen LogP contribution in [0.5, 0.6) is 0 Å². The summed E-state index contributed by atoms with van der Waals surface area (Å²) in [7, 11) is 0. The lowest BCUT2D eigenvalue weighted by Crippen LogP contribution is -2.45. The maximum absolute atomic E-state index is 11.8. The maximum Gasteiger partial charge on any atom is 0.222 e. The minimum atomic E-state index is 0.233. The van der Waals surface area contributed by atoms with Crippen molar-refractivity contribution >= 4 is 11.9 Å². The van der Waals surface area contributed by atoms with E-state index in [1.807, 2.05) is 11.8 Å². The summed E-state index contributed by atoms with van der Waals surface area (Å²) in [6, 6.07) is 6.74. The summed E-state index contributed by atoms with van der Waals surface area (Å²) >= 11 is 0. The van der Waals surface area contributed by atoms with E-state index in [9.17, 15) is 4.79 Å². The highest BCUT2D eigenvalue weighted by Crippen LogP contribution is 2.12. The third-order valence-electron chi connectivity index (χ3n) is 4.43. The second-order valence-corrected chi connectivity index (χ2v) is 6.45. The lowest BCUT2D eigenvalue weighted by atomic mass is 10.1. The molecule has 1 heterocycles. The Kier molecular flexibility index (Phi) is 6.64. The van der Waals surface area contributed by atoms with Crippen LogP contribution in [0.4, 0.5) is 0 Å². The third kappa shape index (κ3) is 4.98. The lowest BCUT2D eigenvalue weighted by molar-refractivity contribution is -0.129. The third-order valence-corrected chi connectivity index (χ3v) is 4.43. The lowest BCUT2D eigenvalue weighted by Gasteiger charge is -2.18. The highest BCUT2D eigenvalue weighted by atomic mass is 16.2. The summed E-state index contributed by atoms with van der Waals surface area (Å²) in [4.78, 5) is 18.5. The summed E-state index contributed by atoms with van der Waals surface area (Å²) in [6.45, 7) is 11.3. The number of nitrogens with zero attached hydrogens (tertiary/aromatic N) is 2. The highest BCUT2D eigenvalue weighted by Gasteiger charge is 2.25. The molecule has 5 nitrogen and oxygen atoms in total. The van der Waals surface area contributed by atoms with Crippen molar-refractivity contribution in [3.8, 4) is 0 Å². The van der Waals surface area contributed by atoms with Crippen molar-refractivity contribution < 1.29 is 4.79 Å². The van der Waals surface area contributed by atoms with Gasteiger partial charge in [-0.15, -0.1) is 0 Å². The molecule has 0 aromatic heterocycles. The van der Waals surface area contributed by atoms with Crippen molar-refractivity contribution in [2.24, 2.45) is 4.99 Å². The predicted molar refractivity (Wildman–Crippen MR) is 99.1 cm³/mol. The number of guanidine groups is 1. The van der Waals surface area contributed by atoms with Crippen molar-refractivity contribution in [3.63, 3.8) is 0 Å². The van der Waals surface area contributed by atoms with E-state index in [0.29, 0.717) is 13.0 Å². The fourth-order valence-corrected chi connectivity index (χ4v) is 3.03. The van der Waals surface area contributed by atoms with Gasteiger partial charge in [0.15, 0.2) is 5.96 Å². The topological polar surface area (TPSA) is 56.7 Å². The van der Waals surface area contributed by atoms with Crippen LogP contribution in [0, 0.1) is 13.8 Å². The van der Waals surface area contributed by atoms with Crippen LogP contribution in [0.3, 0.4) is 0 Å². The number of likely N-dealkylation sites (tertiary alicyclic amines) is 1. The molecule has 1 aliphatic rings. The molecule has 0 aliphatic carbocycles. The van der Waals surface area contributed by atoms with Gasteiger partial charge in [0.2, 0.25) is 5.91 Å². The number of rotatable bonds is 5. The Morgan fingerprint density at radius 2 is 2.12 bits per heavy atom. The number of aryl methyl sites for hydroxylation is 2. The van der Waals surface area contributed by atoms with Crippen LogP contribution in [0.1, 0.15) is 43.4 Å². The monoisotopic (exact) mass is 330 g/mol. The molecule has 5 heteroatoms. The molecule has 1 atom stereocenters. The summed E-state index contributed by atoms with van der Waals surface area (Å²) < 4.78 is 0. The molecular formula is C19H30N4O. The zero-order valence-electron chi connectivity index (χ0n) is 15.4. The Morgan fingerprint density at radius 1 is 1.33 bits per heavy atom. The van der Waals surface area contributed by atoms with Gasteiger partial charge in [0.05, 0.1) is 6.54 Å². The number of amides is 1. The molecule has 1 aromatic rings. The van der Waals surface area contributed by atoms with Crippen molar-refractivity contribution in [1.29, 1.82) is 0 Å². The summed E-state index contributed by atoms with van der Waals surface area (Å²) in [6.07, 6.45) is 1.55. The van der Waals surface area contributed by atoms with E-state index < -0.39 is 0 Å². The van der Waals surface area contributed by atoms with E-state index in [2.05, 4.69) is 49.6 Å². The van der Waals surface area contributed by atoms with Gasteiger partial charge >= 0.3 is 0 Å². The molecular weight excluding hydrogens is 300 g/mol. The van der Waals surface area contributed by atoms with Gasteiger partial charge in [0.1, 0.15) is 0 Å². The number of carbonyl (C=O) groups is 1. The van der Waals surface area contributed by atoms with E-state index in [1.165, 1.54) is 16.7 Å². The quantitative estimate of drug-likeness (QED) is 0.644. The van der Waals surface area contributed by atoms with Crippen LogP contribution < -0.4 is 10.6 Å². The fourth-order valence-electron chi connectivity index (χ4n) is 3.03. The number of carbonyl (C=O) groups excluding carboxylic acids is 1. The SMILES string of the molecule is CCNC(=NCc1ccc(C)cc1C)NC1CCN(C(=O)CC)C1. The van der Waals surface area contributed by atoms with Gasteiger partial charge in [-0.05, 0) is 38.3 Å². The number of hydrogen-bond acceptors (Lipinski definition) is 2. The molecule has 1 fully saturated rings. The van der Waals surface area contributed by atoms with Crippen LogP contribution in [0.15, 0.2) is 23.2 Å². The zero-order chi connectivity index (χ0) is 17.5. The average Bonchev–Trinajstić information content (AvgIpc) is 3.02. The minimum absolute atomic E-state index is 0.233. The number of hydrogen-bond donors (Lipinski definition) is 2. The summed E-state index contributed by atoms with van der Waals surface area (Å²) in [5, 5.41) is 6.78. The van der Waals surface area contributed by atoms with Crippen LogP contribution in [0.2, 0.25) is 0 Å². The molecule has 0 radical (unpaired) electrons. The van der Waals surface area contributed by atoms with E-state index in [4.69, 9.17) is 4.99 Å². The van der Waals surface area contributed by atoms with Crippen molar-refractivity contribution in [1.82, 2.24) is 15.5 Å². The molecule has 1 saturated heterocycles. The van der Waals surface area contributed by atoms with E-state index >= 15 is 0 Å². The normalized spacial score (nSPS) is 17.9. The van der Waals surface area contributed by atoms with Gasteiger partial charge in [0, 0.05) is 32.1 Å². The highest BCUT2D eigenvalue weighted by molar-refractivity contribution is 5.80. The number of nitrogens with one attached hydrogen (secondary N) is 2. The Bertz CT molecular complexity index is 597. The molecule has 1 aromatic carbocycles. The molecule has 1 amide bonds. The standard InChI is InChI=1S/C19H30N4O/c1-5-18(24)23-10-9-17(13-23)22-19(20-6-2)21-12-16-8-7-14(3)11-15(16)4/h7-8,11,17H,5-6,9-10,12-13H2,1-4H3,(H2,20,21,22). The van der Waals surface area contributed by atoms with Crippen LogP contribution >= 0.6 is 0 Å². The Hall–Kier alpha value is -2.04. The molecule has 0 spiro atoms. The first kappa shape index (κ1) is 18.3. The number of aliphatic imine (C=N–C) groups is 1. The summed E-state index contributed by atoms with van der Waals surface area (Å²) in [5.74, 6) is 1.06. The largest absolute Gasteiger partial charge is 0.357 e. The van der Waals surface area contributed by atoms with E-state index in [1.54, 1.807) is 0 Å². The fraction of sp³-hybridized carbons (Fsp3) is 0.579. The van der Waals surface area contributed by atoms with Gasteiger partial charge in [-0.1, -0.05) is 30.7 Å². The van der Waals surface area contributed by atoms with Crippen LogP contribution in [-0.4, -0.2) is 42.4 Å². The summed E-state index contributed by atoms with van der Waals surface area (Å²) in [5.41, 5.74) is 3.79. The Balaban J connectivity index is 1.97. The minimum Gasteiger partial charge on any atom is -0.357 e. The van der Waals surface area contributed by atoms with Gasteiger partial charge in [-0.2, -0.15) is 0 Å². The van der Waals surface area contributed by atoms with Crippen LogP contribution in [-0.2, 0) is 11.3 Å². The van der Waals surface area contributed by atoms with Gasteiger partial charge < -0.3 is 15.5 Å². The predicted octanol–water partition coefficient (Wildman–Crippen LogP) is 2.37. The second-order valence-electron chi connectivity index (χ2n) is 6.45. The first-order valence-corrected chi connectivity index (χ1v) is 8.92. The number of benzene rings is 1. The molecule has 0 saturated carbocycles. The van der Waals surface area contributed by atoms with E-state index in [0.717, 1.165) is 32.0 Å². The van der Waals surface area contributed by atoms with Gasteiger partial charge in [0.25, 0.3) is 0 Å². The first-order chi connectivity index (χ1) is 11.5. The molecule has 132 valence electrons. The molecule has 2 N–H and O–H groups in total. The van der Waals surface area contributed by atoms with Gasteiger partial charge in [-0.3, -0.25) is 4.79 Å². The smallest absolute Gasteiger partial charge is 0.222 e. The van der Waals surface area contributed by atoms with Gasteiger partial charge in [-0.25, -0.2) is 4.99 Å². The average molecular weight is 330 g/mol. The van der Waals surface area contributed by atoms with Crippen LogP contribution in [0.25, 0.3) is 0 Å². The maximum atomic E-state index is 11.8. The van der Waals surface area contributed by atoms with Crippen molar-refractivity contribution in [2.75, 3.05) is 19.6 Å².